The lowest BCUT2D eigenvalue weighted by Crippen LogP contribution is -2.22. The minimum absolute atomic E-state index is 0.106. The highest BCUT2D eigenvalue weighted by atomic mass is 35.5. The van der Waals surface area contributed by atoms with Crippen LogP contribution in [-0.2, 0) is 17.8 Å². The van der Waals surface area contributed by atoms with Crippen LogP contribution in [0, 0.1) is 0 Å². The van der Waals surface area contributed by atoms with E-state index in [1.165, 1.54) is 0 Å². The van der Waals surface area contributed by atoms with E-state index in [0.717, 1.165) is 22.5 Å². The second kappa shape index (κ2) is 11.3. The molecule has 35 heavy (non-hydrogen) atoms. The van der Waals surface area contributed by atoms with E-state index in [1.807, 2.05) is 24.3 Å². The first-order valence-electron chi connectivity index (χ1n) is 11.2. The zero-order chi connectivity index (χ0) is 24.8. The number of rotatable bonds is 9. The maximum Gasteiger partial charge on any atom is 0.303 e. The Morgan fingerprint density at radius 2 is 1.51 bits per heavy atom. The van der Waals surface area contributed by atoms with Crippen molar-refractivity contribution in [3.63, 3.8) is 0 Å². The Morgan fingerprint density at radius 1 is 0.829 bits per heavy atom. The van der Waals surface area contributed by atoms with Crippen molar-refractivity contribution in [2.24, 2.45) is 0 Å². The third-order valence-corrected chi connectivity index (χ3v) is 6.04. The summed E-state index contributed by atoms with van der Waals surface area (Å²) in [6, 6.07) is 19.9. The summed E-state index contributed by atoms with van der Waals surface area (Å²) in [5.74, 6) is -1.03. The van der Waals surface area contributed by atoms with Gasteiger partial charge in [0.2, 0.25) is 0 Å². The fraction of sp³-hybridized carbons (Fsp3) is 0.185. The fourth-order valence-corrected chi connectivity index (χ4v) is 3.95. The second-order valence-corrected chi connectivity index (χ2v) is 9.01. The van der Waals surface area contributed by atoms with Gasteiger partial charge in [0.05, 0.1) is 22.4 Å². The van der Waals surface area contributed by atoms with Gasteiger partial charge in [-0.1, -0.05) is 47.5 Å². The largest absolute Gasteiger partial charge is 0.481 e. The summed E-state index contributed by atoms with van der Waals surface area (Å²) in [5, 5.41) is 13.1. The molecule has 0 radical (unpaired) electrons. The topological polar surface area (TPSA) is 92.2 Å². The van der Waals surface area contributed by atoms with Crippen LogP contribution in [-0.4, -0.2) is 27.0 Å². The van der Waals surface area contributed by atoms with Crippen molar-refractivity contribution in [2.75, 3.05) is 0 Å². The number of nitrogens with one attached hydrogen (secondary N) is 1. The molecular formula is C27H23Cl2N3O3. The summed E-state index contributed by atoms with van der Waals surface area (Å²) in [6.07, 6.45) is 1.88. The molecule has 0 aliphatic heterocycles. The maximum absolute atomic E-state index is 12.8. The van der Waals surface area contributed by atoms with E-state index >= 15 is 0 Å². The number of benzene rings is 3. The van der Waals surface area contributed by atoms with Crippen molar-refractivity contribution in [2.45, 2.75) is 32.2 Å². The van der Waals surface area contributed by atoms with E-state index in [0.29, 0.717) is 52.4 Å². The lowest BCUT2D eigenvalue weighted by molar-refractivity contribution is -0.137. The van der Waals surface area contributed by atoms with Gasteiger partial charge < -0.3 is 10.4 Å². The quantitative estimate of drug-likeness (QED) is 0.258. The van der Waals surface area contributed by atoms with E-state index in [-0.39, 0.29) is 12.3 Å². The Morgan fingerprint density at radius 3 is 2.20 bits per heavy atom. The van der Waals surface area contributed by atoms with Gasteiger partial charge in [-0.2, -0.15) is 0 Å². The minimum atomic E-state index is -0.818. The molecule has 0 aliphatic carbocycles. The molecule has 1 aromatic heterocycles. The average Bonchev–Trinajstić information content (AvgIpc) is 2.85. The molecule has 1 amide bonds. The smallest absolute Gasteiger partial charge is 0.303 e. The van der Waals surface area contributed by atoms with Crippen molar-refractivity contribution in [3.8, 4) is 11.3 Å². The molecule has 2 N–H and O–H groups in total. The van der Waals surface area contributed by atoms with Crippen molar-refractivity contribution < 1.29 is 14.7 Å². The normalized spacial score (nSPS) is 10.9. The Labute approximate surface area is 212 Å². The first-order valence-corrected chi connectivity index (χ1v) is 12.0. The van der Waals surface area contributed by atoms with Crippen LogP contribution in [0.3, 0.4) is 0 Å². The summed E-state index contributed by atoms with van der Waals surface area (Å²) in [6.45, 7) is 0.379. The van der Waals surface area contributed by atoms with Crippen LogP contribution in [0.2, 0.25) is 10.0 Å². The number of carbonyl (C=O) groups excluding carboxylic acids is 1. The number of amides is 1. The third-order valence-electron chi connectivity index (χ3n) is 5.54. The van der Waals surface area contributed by atoms with E-state index < -0.39 is 5.97 Å². The molecule has 178 valence electrons. The standard InChI is InChI=1S/C27H23Cl2N3O3/c28-20-10-5-17(6-11-20)16-30-27(35)19-9-14-22-24(15-19)31-23(3-1-2-4-25(33)34)26(32-22)18-7-12-21(29)13-8-18/h5-15H,1-4,16H2,(H,30,35)(H,33,34). The summed E-state index contributed by atoms with van der Waals surface area (Å²) < 4.78 is 0. The molecule has 0 unspecified atom stereocenters. The van der Waals surface area contributed by atoms with Gasteiger partial charge in [-0.25, -0.2) is 9.97 Å². The van der Waals surface area contributed by atoms with Crippen LogP contribution in [0.4, 0.5) is 0 Å². The molecule has 0 aliphatic rings. The van der Waals surface area contributed by atoms with E-state index in [9.17, 15) is 9.59 Å². The number of nitrogens with zero attached hydrogens (tertiary/aromatic N) is 2. The predicted octanol–water partition coefficient (Wildman–Crippen LogP) is 6.33. The van der Waals surface area contributed by atoms with Crippen LogP contribution in [0.5, 0.6) is 0 Å². The first-order chi connectivity index (χ1) is 16.9. The van der Waals surface area contributed by atoms with Crippen LogP contribution in [0.25, 0.3) is 22.3 Å². The highest BCUT2D eigenvalue weighted by molar-refractivity contribution is 6.30. The molecule has 0 saturated carbocycles. The number of halogens is 2. The van der Waals surface area contributed by atoms with Gasteiger partial charge in [0, 0.05) is 34.1 Å². The van der Waals surface area contributed by atoms with Crippen LogP contribution in [0.1, 0.15) is 40.9 Å². The number of carboxylic acid groups (broad SMARTS) is 1. The highest BCUT2D eigenvalue weighted by Gasteiger charge is 2.14. The molecule has 0 fully saturated rings. The van der Waals surface area contributed by atoms with E-state index in [1.54, 1.807) is 42.5 Å². The second-order valence-electron chi connectivity index (χ2n) is 8.14. The predicted molar refractivity (Wildman–Crippen MR) is 138 cm³/mol. The Hall–Kier alpha value is -3.48. The van der Waals surface area contributed by atoms with Gasteiger partial charge >= 0.3 is 5.97 Å². The number of aromatic nitrogens is 2. The number of hydrogen-bond acceptors (Lipinski definition) is 4. The fourth-order valence-electron chi connectivity index (χ4n) is 3.70. The molecule has 6 nitrogen and oxygen atoms in total. The van der Waals surface area contributed by atoms with E-state index in [2.05, 4.69) is 5.32 Å². The number of fused-ring (bicyclic) bond motifs is 1. The van der Waals surface area contributed by atoms with E-state index in [4.69, 9.17) is 38.3 Å². The van der Waals surface area contributed by atoms with Gasteiger partial charge in [0.1, 0.15) is 0 Å². The van der Waals surface area contributed by atoms with Crippen LogP contribution >= 0.6 is 23.2 Å². The highest BCUT2D eigenvalue weighted by Crippen LogP contribution is 2.26. The van der Waals surface area contributed by atoms with Gasteiger partial charge in [0.15, 0.2) is 0 Å². The van der Waals surface area contributed by atoms with Gasteiger partial charge in [-0.3, -0.25) is 9.59 Å². The van der Waals surface area contributed by atoms with Crippen molar-refractivity contribution in [3.05, 3.63) is 93.6 Å². The Kier molecular flexibility index (Phi) is 7.95. The molecule has 0 saturated heterocycles. The summed E-state index contributed by atoms with van der Waals surface area (Å²) in [7, 11) is 0. The van der Waals surface area contributed by atoms with Crippen molar-refractivity contribution >= 4 is 46.1 Å². The molecular weight excluding hydrogens is 485 g/mol. The minimum Gasteiger partial charge on any atom is -0.481 e. The lowest BCUT2D eigenvalue weighted by atomic mass is 10.0. The lowest BCUT2D eigenvalue weighted by Gasteiger charge is -2.11. The number of aryl methyl sites for hydroxylation is 1. The van der Waals surface area contributed by atoms with Crippen molar-refractivity contribution in [1.29, 1.82) is 0 Å². The van der Waals surface area contributed by atoms with Crippen LogP contribution < -0.4 is 5.32 Å². The zero-order valence-corrected chi connectivity index (χ0v) is 20.3. The number of carboxylic acids is 1. The van der Waals surface area contributed by atoms with Gasteiger partial charge in [0.25, 0.3) is 5.91 Å². The molecule has 3 aromatic carbocycles. The zero-order valence-electron chi connectivity index (χ0n) is 18.8. The molecule has 4 aromatic rings. The Balaban J connectivity index is 1.60. The number of unbranched alkanes of at least 4 members (excludes halogenated alkanes) is 1. The number of carbonyl (C=O) groups is 2. The number of hydrogen-bond donors (Lipinski definition) is 2. The van der Waals surface area contributed by atoms with Gasteiger partial charge in [-0.15, -0.1) is 0 Å². The average molecular weight is 508 g/mol. The summed E-state index contributed by atoms with van der Waals surface area (Å²) in [5.41, 5.74) is 5.06. The van der Waals surface area contributed by atoms with Crippen molar-refractivity contribution in [1.82, 2.24) is 15.3 Å². The monoisotopic (exact) mass is 507 g/mol. The summed E-state index contributed by atoms with van der Waals surface area (Å²) in [4.78, 5) is 33.3. The first kappa shape index (κ1) is 24.6. The SMILES string of the molecule is O=C(O)CCCCc1nc2cc(C(=O)NCc3ccc(Cl)cc3)ccc2nc1-c1ccc(Cl)cc1. The molecule has 0 spiro atoms. The molecule has 8 heteroatoms. The molecule has 4 rings (SSSR count). The molecule has 0 atom stereocenters. The molecule has 0 bridgehead atoms. The van der Waals surface area contributed by atoms with Gasteiger partial charge in [-0.05, 0) is 67.3 Å². The Bertz CT molecular complexity index is 1360. The third kappa shape index (κ3) is 6.56. The number of aliphatic carboxylic acids is 1. The van der Waals surface area contributed by atoms with Crippen LogP contribution in [0.15, 0.2) is 66.7 Å². The maximum atomic E-state index is 12.8. The summed E-state index contributed by atoms with van der Waals surface area (Å²) >= 11 is 12.0. The molecule has 1 heterocycles.